The molecule has 21 heavy (non-hydrogen) atoms. The standard InChI is InChI=1S/C16H22N4O/c1-3-16(2,12-17)15(21)19-14-7-5-13(6-8-14)11-20-10-4-9-18-20/h4-10H,3,11-12,17H2,1-2H3,(H,19,21). The molecule has 0 saturated heterocycles. The Morgan fingerprint density at radius 3 is 2.62 bits per heavy atom. The summed E-state index contributed by atoms with van der Waals surface area (Å²) in [6.45, 7) is 4.91. The third kappa shape index (κ3) is 3.70. The van der Waals surface area contributed by atoms with E-state index in [-0.39, 0.29) is 5.91 Å². The predicted molar refractivity (Wildman–Crippen MR) is 83.9 cm³/mol. The predicted octanol–water partition coefficient (Wildman–Crippen LogP) is 2.24. The Hall–Kier alpha value is -2.14. The van der Waals surface area contributed by atoms with E-state index in [9.17, 15) is 4.79 Å². The summed E-state index contributed by atoms with van der Waals surface area (Å²) >= 11 is 0. The zero-order valence-electron chi connectivity index (χ0n) is 12.5. The van der Waals surface area contributed by atoms with Crippen molar-refractivity contribution in [2.75, 3.05) is 11.9 Å². The van der Waals surface area contributed by atoms with Crippen LogP contribution in [0.2, 0.25) is 0 Å². The molecule has 0 aliphatic rings. The van der Waals surface area contributed by atoms with E-state index in [1.165, 1.54) is 0 Å². The lowest BCUT2D eigenvalue weighted by atomic mass is 9.86. The Kier molecular flexibility index (Phi) is 4.75. The molecule has 0 saturated carbocycles. The number of aromatic nitrogens is 2. The number of amides is 1. The summed E-state index contributed by atoms with van der Waals surface area (Å²) in [6, 6.07) is 9.69. The fourth-order valence-corrected chi connectivity index (χ4v) is 1.95. The molecule has 0 spiro atoms. The molecule has 1 aromatic carbocycles. The van der Waals surface area contributed by atoms with Crippen LogP contribution in [0, 0.1) is 5.41 Å². The van der Waals surface area contributed by atoms with Crippen molar-refractivity contribution in [3.63, 3.8) is 0 Å². The van der Waals surface area contributed by atoms with Gasteiger partial charge in [0.15, 0.2) is 0 Å². The summed E-state index contributed by atoms with van der Waals surface area (Å²) < 4.78 is 1.86. The fraction of sp³-hybridized carbons (Fsp3) is 0.375. The number of anilines is 1. The summed E-state index contributed by atoms with van der Waals surface area (Å²) in [5.41, 5.74) is 7.10. The van der Waals surface area contributed by atoms with Crippen LogP contribution in [0.1, 0.15) is 25.8 Å². The van der Waals surface area contributed by atoms with Gasteiger partial charge in [0.25, 0.3) is 0 Å². The molecule has 0 radical (unpaired) electrons. The molecule has 5 heteroatoms. The first-order valence-electron chi connectivity index (χ1n) is 7.15. The molecule has 2 rings (SSSR count). The first-order chi connectivity index (χ1) is 10.1. The molecule has 112 valence electrons. The summed E-state index contributed by atoms with van der Waals surface area (Å²) in [7, 11) is 0. The number of hydrogen-bond acceptors (Lipinski definition) is 3. The van der Waals surface area contributed by atoms with Gasteiger partial charge in [0.05, 0.1) is 12.0 Å². The van der Waals surface area contributed by atoms with Crippen molar-refractivity contribution in [3.8, 4) is 0 Å². The Morgan fingerprint density at radius 2 is 2.10 bits per heavy atom. The second-order valence-corrected chi connectivity index (χ2v) is 5.47. The largest absolute Gasteiger partial charge is 0.329 e. The van der Waals surface area contributed by atoms with Crippen LogP contribution in [0.15, 0.2) is 42.7 Å². The van der Waals surface area contributed by atoms with Crippen molar-refractivity contribution < 1.29 is 4.79 Å². The van der Waals surface area contributed by atoms with E-state index in [1.54, 1.807) is 6.20 Å². The van der Waals surface area contributed by atoms with Crippen LogP contribution in [0.3, 0.4) is 0 Å². The molecule has 0 aliphatic carbocycles. The van der Waals surface area contributed by atoms with Gasteiger partial charge in [0.1, 0.15) is 0 Å². The van der Waals surface area contributed by atoms with Crippen molar-refractivity contribution >= 4 is 11.6 Å². The van der Waals surface area contributed by atoms with Gasteiger partial charge >= 0.3 is 0 Å². The maximum atomic E-state index is 12.2. The number of hydrogen-bond donors (Lipinski definition) is 2. The van der Waals surface area contributed by atoms with E-state index in [0.717, 1.165) is 17.8 Å². The second-order valence-electron chi connectivity index (χ2n) is 5.47. The molecule has 5 nitrogen and oxygen atoms in total. The minimum absolute atomic E-state index is 0.0349. The molecule has 1 atom stereocenters. The number of benzene rings is 1. The lowest BCUT2D eigenvalue weighted by molar-refractivity contribution is -0.124. The summed E-state index contributed by atoms with van der Waals surface area (Å²) in [4.78, 5) is 12.2. The van der Waals surface area contributed by atoms with Crippen LogP contribution >= 0.6 is 0 Å². The molecule has 0 aliphatic heterocycles. The second kappa shape index (κ2) is 6.54. The first kappa shape index (κ1) is 15.3. The highest BCUT2D eigenvalue weighted by Crippen LogP contribution is 2.22. The van der Waals surface area contributed by atoms with Crippen molar-refractivity contribution in [1.29, 1.82) is 0 Å². The Morgan fingerprint density at radius 1 is 1.38 bits per heavy atom. The summed E-state index contributed by atoms with van der Waals surface area (Å²) in [5, 5.41) is 7.10. The maximum absolute atomic E-state index is 12.2. The van der Waals surface area contributed by atoms with E-state index in [1.807, 2.05) is 55.1 Å². The van der Waals surface area contributed by atoms with Crippen molar-refractivity contribution in [3.05, 3.63) is 48.3 Å². The smallest absolute Gasteiger partial charge is 0.231 e. The molecule has 1 unspecified atom stereocenters. The molecule has 0 bridgehead atoms. The molecule has 0 fully saturated rings. The number of nitrogens with zero attached hydrogens (tertiary/aromatic N) is 2. The average molecular weight is 286 g/mol. The lowest BCUT2D eigenvalue weighted by Crippen LogP contribution is -2.39. The molecule has 1 amide bonds. The number of carbonyl (C=O) groups is 1. The normalized spacial score (nSPS) is 13.7. The molecule has 3 N–H and O–H groups in total. The Labute approximate surface area is 125 Å². The number of nitrogens with one attached hydrogen (secondary N) is 1. The van der Waals surface area contributed by atoms with Crippen LogP contribution in [0.4, 0.5) is 5.69 Å². The van der Waals surface area contributed by atoms with Crippen LogP contribution in [-0.4, -0.2) is 22.2 Å². The van der Waals surface area contributed by atoms with E-state index in [4.69, 9.17) is 5.73 Å². The number of nitrogens with two attached hydrogens (primary N) is 1. The van der Waals surface area contributed by atoms with Gasteiger partial charge in [-0.05, 0) is 37.1 Å². The van der Waals surface area contributed by atoms with Gasteiger partial charge in [-0.1, -0.05) is 19.1 Å². The topological polar surface area (TPSA) is 72.9 Å². The zero-order chi connectivity index (χ0) is 15.3. The van der Waals surface area contributed by atoms with E-state index in [0.29, 0.717) is 13.0 Å². The number of carbonyl (C=O) groups excluding carboxylic acids is 1. The van der Waals surface area contributed by atoms with Crippen LogP contribution in [-0.2, 0) is 11.3 Å². The number of rotatable bonds is 6. The SMILES string of the molecule is CCC(C)(CN)C(=O)Nc1ccc(Cn2cccn2)cc1. The van der Waals surface area contributed by atoms with Crippen LogP contribution in [0.25, 0.3) is 0 Å². The Bertz CT molecular complexity index is 571. The van der Waals surface area contributed by atoms with Crippen LogP contribution in [0.5, 0.6) is 0 Å². The quantitative estimate of drug-likeness (QED) is 0.855. The minimum atomic E-state index is -0.520. The highest BCUT2D eigenvalue weighted by molar-refractivity contribution is 5.95. The van der Waals surface area contributed by atoms with Crippen molar-refractivity contribution in [1.82, 2.24) is 9.78 Å². The monoisotopic (exact) mass is 286 g/mol. The Balaban J connectivity index is 2.01. The van der Waals surface area contributed by atoms with Crippen molar-refractivity contribution in [2.24, 2.45) is 11.1 Å². The van der Waals surface area contributed by atoms with E-state index >= 15 is 0 Å². The fourth-order valence-electron chi connectivity index (χ4n) is 1.95. The summed E-state index contributed by atoms with van der Waals surface area (Å²) in [6.07, 6.45) is 4.39. The highest BCUT2D eigenvalue weighted by atomic mass is 16.2. The van der Waals surface area contributed by atoms with Gasteiger partial charge in [0, 0.05) is 24.6 Å². The molecular weight excluding hydrogens is 264 g/mol. The highest BCUT2D eigenvalue weighted by Gasteiger charge is 2.29. The zero-order valence-corrected chi connectivity index (χ0v) is 12.5. The third-order valence-electron chi connectivity index (χ3n) is 3.89. The van der Waals surface area contributed by atoms with Gasteiger partial charge in [0.2, 0.25) is 5.91 Å². The summed E-state index contributed by atoms with van der Waals surface area (Å²) in [5.74, 6) is -0.0349. The molecule has 1 heterocycles. The molecular formula is C16H22N4O. The first-order valence-corrected chi connectivity index (χ1v) is 7.15. The van der Waals surface area contributed by atoms with Crippen molar-refractivity contribution in [2.45, 2.75) is 26.8 Å². The lowest BCUT2D eigenvalue weighted by Gasteiger charge is -2.25. The van der Waals surface area contributed by atoms with Gasteiger partial charge in [-0.15, -0.1) is 0 Å². The average Bonchev–Trinajstić information content (AvgIpc) is 3.01. The van der Waals surface area contributed by atoms with Gasteiger partial charge in [-0.25, -0.2) is 0 Å². The van der Waals surface area contributed by atoms with E-state index in [2.05, 4.69) is 10.4 Å². The van der Waals surface area contributed by atoms with Crippen LogP contribution < -0.4 is 11.1 Å². The molecule has 2 aromatic rings. The van der Waals surface area contributed by atoms with E-state index < -0.39 is 5.41 Å². The maximum Gasteiger partial charge on any atom is 0.231 e. The van der Waals surface area contributed by atoms with Gasteiger partial charge in [-0.2, -0.15) is 5.10 Å². The molecule has 1 aromatic heterocycles. The van der Waals surface area contributed by atoms with Gasteiger partial charge in [-0.3, -0.25) is 9.48 Å². The third-order valence-corrected chi connectivity index (χ3v) is 3.89. The minimum Gasteiger partial charge on any atom is -0.329 e. The van der Waals surface area contributed by atoms with Gasteiger partial charge < -0.3 is 11.1 Å².